The largest absolute Gasteiger partial charge is 0.505 e. The zero-order chi connectivity index (χ0) is 15.1. The molecule has 0 spiro atoms. The molecule has 0 rings (SSSR count). The number of unbranched alkanes of at least 4 members (excludes halogenated alkanes) is 2. The minimum absolute atomic E-state index is 0.183. The topological polar surface area (TPSA) is 65.0 Å². The van der Waals surface area contributed by atoms with Crippen molar-refractivity contribution in [2.75, 3.05) is 26.4 Å². The zero-order valence-electron chi connectivity index (χ0n) is 12.9. The molecule has 0 aliphatic carbocycles. The monoisotopic (exact) mass is 290 g/mol. The van der Waals surface area contributed by atoms with Crippen molar-refractivity contribution in [1.82, 2.24) is 0 Å². The Morgan fingerprint density at radius 2 is 1.65 bits per heavy atom. The molecule has 0 saturated heterocycles. The quantitative estimate of drug-likeness (QED) is 0.389. The molecule has 5 heteroatoms. The van der Waals surface area contributed by atoms with Crippen LogP contribution < -0.4 is 0 Å². The second kappa shape index (κ2) is 14.6. The summed E-state index contributed by atoms with van der Waals surface area (Å²) in [6.07, 6.45) is 6.02. The van der Waals surface area contributed by atoms with E-state index >= 15 is 0 Å². The first-order chi connectivity index (χ1) is 9.70. The summed E-state index contributed by atoms with van der Waals surface area (Å²) in [6.45, 7) is 6.57. The van der Waals surface area contributed by atoms with E-state index in [0.717, 1.165) is 45.1 Å². The fraction of sp³-hybridized carbons (Fsp3) is 0.933. The summed E-state index contributed by atoms with van der Waals surface area (Å²) in [4.78, 5) is 10.2. The highest BCUT2D eigenvalue weighted by molar-refractivity contribution is 5.56. The molecule has 0 saturated carbocycles. The van der Waals surface area contributed by atoms with Gasteiger partial charge in [0.25, 0.3) is 0 Å². The van der Waals surface area contributed by atoms with E-state index in [9.17, 15) is 4.79 Å². The van der Waals surface area contributed by atoms with Crippen molar-refractivity contribution >= 4 is 6.16 Å². The third-order valence-electron chi connectivity index (χ3n) is 3.00. The maximum atomic E-state index is 10.2. The van der Waals surface area contributed by atoms with E-state index in [1.807, 2.05) is 0 Å². The average Bonchev–Trinajstić information content (AvgIpc) is 2.43. The lowest BCUT2D eigenvalue weighted by molar-refractivity contribution is -0.00676. The Morgan fingerprint density at radius 1 is 0.950 bits per heavy atom. The van der Waals surface area contributed by atoms with Crippen LogP contribution in [0, 0.1) is 0 Å². The summed E-state index contributed by atoms with van der Waals surface area (Å²) in [7, 11) is 0. The Bertz CT molecular complexity index is 220. The Balaban J connectivity index is 3.64. The van der Waals surface area contributed by atoms with Gasteiger partial charge < -0.3 is 19.3 Å². The van der Waals surface area contributed by atoms with Crippen LogP contribution in [-0.2, 0) is 14.2 Å². The van der Waals surface area contributed by atoms with Gasteiger partial charge in [0.05, 0.1) is 25.9 Å². The lowest BCUT2D eigenvalue weighted by atomic mass is 10.1. The van der Waals surface area contributed by atoms with Gasteiger partial charge in [0.1, 0.15) is 0 Å². The van der Waals surface area contributed by atoms with Crippen LogP contribution >= 0.6 is 0 Å². The van der Waals surface area contributed by atoms with Crippen LogP contribution in [0.5, 0.6) is 0 Å². The fourth-order valence-corrected chi connectivity index (χ4v) is 1.84. The smallest absolute Gasteiger partial charge is 0.450 e. The number of ether oxygens (including phenoxy) is 3. The first kappa shape index (κ1) is 19.2. The SMILES string of the molecule is CCCCOCCOC(CCCC)CCCOC(=O)O. The van der Waals surface area contributed by atoms with Crippen LogP contribution in [-0.4, -0.2) is 43.8 Å². The van der Waals surface area contributed by atoms with Gasteiger partial charge in [-0.3, -0.25) is 0 Å². The average molecular weight is 290 g/mol. The van der Waals surface area contributed by atoms with E-state index in [0.29, 0.717) is 19.6 Å². The van der Waals surface area contributed by atoms with Gasteiger partial charge in [0.2, 0.25) is 0 Å². The molecule has 0 aliphatic heterocycles. The summed E-state index contributed by atoms with van der Waals surface area (Å²) in [5, 5.41) is 8.39. The van der Waals surface area contributed by atoms with Gasteiger partial charge in [-0.1, -0.05) is 33.1 Å². The molecule has 0 aromatic carbocycles. The molecule has 0 amide bonds. The molecule has 0 aromatic rings. The predicted molar refractivity (Wildman–Crippen MR) is 78.2 cm³/mol. The molecule has 0 aliphatic rings. The van der Waals surface area contributed by atoms with E-state index in [2.05, 4.69) is 18.6 Å². The standard InChI is InChI=1S/C15H30O5/c1-3-5-8-14(9-7-11-20-15(16)17)19-13-12-18-10-6-4-2/h14H,3-13H2,1-2H3,(H,16,17). The van der Waals surface area contributed by atoms with E-state index < -0.39 is 6.16 Å². The Hall–Kier alpha value is -0.810. The maximum absolute atomic E-state index is 10.2. The normalized spacial score (nSPS) is 12.3. The number of hydrogen-bond acceptors (Lipinski definition) is 4. The molecule has 20 heavy (non-hydrogen) atoms. The summed E-state index contributed by atoms with van der Waals surface area (Å²) >= 11 is 0. The number of carbonyl (C=O) groups is 1. The van der Waals surface area contributed by atoms with Crippen molar-refractivity contribution in [3.05, 3.63) is 0 Å². The second-order valence-electron chi connectivity index (χ2n) is 4.86. The highest BCUT2D eigenvalue weighted by atomic mass is 16.7. The van der Waals surface area contributed by atoms with Crippen LogP contribution in [0.15, 0.2) is 0 Å². The molecule has 0 aromatic heterocycles. The molecule has 1 N–H and O–H groups in total. The number of carboxylic acid groups (broad SMARTS) is 1. The molecule has 0 bridgehead atoms. The zero-order valence-corrected chi connectivity index (χ0v) is 12.9. The van der Waals surface area contributed by atoms with Crippen LogP contribution in [0.2, 0.25) is 0 Å². The molecular weight excluding hydrogens is 260 g/mol. The van der Waals surface area contributed by atoms with Gasteiger partial charge in [-0.25, -0.2) is 4.79 Å². The van der Waals surface area contributed by atoms with Crippen molar-refractivity contribution in [2.24, 2.45) is 0 Å². The number of hydrogen-bond donors (Lipinski definition) is 1. The summed E-state index contributed by atoms with van der Waals surface area (Å²) in [5.74, 6) is 0. The predicted octanol–water partition coefficient (Wildman–Crippen LogP) is 3.85. The van der Waals surface area contributed by atoms with Gasteiger partial charge in [0, 0.05) is 6.61 Å². The van der Waals surface area contributed by atoms with Crippen LogP contribution in [0.1, 0.15) is 58.8 Å². The van der Waals surface area contributed by atoms with Crippen LogP contribution in [0.25, 0.3) is 0 Å². The van der Waals surface area contributed by atoms with Gasteiger partial charge in [-0.05, 0) is 25.7 Å². The molecule has 0 radical (unpaired) electrons. The molecule has 0 fully saturated rings. The molecular formula is C15H30O5. The van der Waals surface area contributed by atoms with Gasteiger partial charge in [-0.15, -0.1) is 0 Å². The molecule has 0 heterocycles. The Kier molecular flexibility index (Phi) is 14.0. The van der Waals surface area contributed by atoms with Gasteiger partial charge in [-0.2, -0.15) is 0 Å². The highest BCUT2D eigenvalue weighted by Gasteiger charge is 2.09. The van der Waals surface area contributed by atoms with Crippen LogP contribution in [0.4, 0.5) is 4.79 Å². The maximum Gasteiger partial charge on any atom is 0.505 e. The minimum atomic E-state index is -1.21. The van der Waals surface area contributed by atoms with Gasteiger partial charge >= 0.3 is 6.16 Å². The van der Waals surface area contributed by atoms with Crippen LogP contribution in [0.3, 0.4) is 0 Å². The lowest BCUT2D eigenvalue weighted by Crippen LogP contribution is -2.18. The fourth-order valence-electron chi connectivity index (χ4n) is 1.84. The van der Waals surface area contributed by atoms with Crippen molar-refractivity contribution in [2.45, 2.75) is 64.9 Å². The Labute approximate surface area is 122 Å². The third-order valence-corrected chi connectivity index (χ3v) is 3.00. The number of rotatable bonds is 14. The van der Waals surface area contributed by atoms with Crippen molar-refractivity contribution in [3.8, 4) is 0 Å². The summed E-state index contributed by atoms with van der Waals surface area (Å²) in [6, 6.07) is 0. The van der Waals surface area contributed by atoms with E-state index in [1.54, 1.807) is 0 Å². The van der Waals surface area contributed by atoms with Gasteiger partial charge in [0.15, 0.2) is 0 Å². The third kappa shape index (κ3) is 13.6. The minimum Gasteiger partial charge on any atom is -0.450 e. The molecule has 5 nitrogen and oxygen atoms in total. The summed E-state index contributed by atoms with van der Waals surface area (Å²) < 4.78 is 15.8. The van der Waals surface area contributed by atoms with E-state index in [4.69, 9.17) is 14.6 Å². The van der Waals surface area contributed by atoms with E-state index in [-0.39, 0.29) is 12.7 Å². The summed E-state index contributed by atoms with van der Waals surface area (Å²) in [5.41, 5.74) is 0. The lowest BCUT2D eigenvalue weighted by Gasteiger charge is -2.17. The molecule has 1 unspecified atom stereocenters. The first-order valence-corrected chi connectivity index (χ1v) is 7.75. The van der Waals surface area contributed by atoms with Crippen molar-refractivity contribution in [1.29, 1.82) is 0 Å². The first-order valence-electron chi connectivity index (χ1n) is 7.75. The molecule has 120 valence electrons. The Morgan fingerprint density at radius 3 is 2.30 bits per heavy atom. The second-order valence-corrected chi connectivity index (χ2v) is 4.86. The van der Waals surface area contributed by atoms with Crippen molar-refractivity contribution < 1.29 is 24.1 Å². The highest BCUT2D eigenvalue weighted by Crippen LogP contribution is 2.11. The van der Waals surface area contributed by atoms with Crippen molar-refractivity contribution in [3.63, 3.8) is 0 Å². The van der Waals surface area contributed by atoms with E-state index in [1.165, 1.54) is 0 Å². The molecule has 1 atom stereocenters.